The van der Waals surface area contributed by atoms with Crippen LogP contribution < -0.4 is 0 Å². The van der Waals surface area contributed by atoms with E-state index in [9.17, 15) is 5.11 Å². The summed E-state index contributed by atoms with van der Waals surface area (Å²) in [6, 6.07) is 10.7. The van der Waals surface area contributed by atoms with Gasteiger partial charge in [-0.05, 0) is 36.4 Å². The first-order valence-corrected chi connectivity index (χ1v) is 5.45. The van der Waals surface area contributed by atoms with E-state index in [4.69, 9.17) is 0 Å². The number of phenols is 1. The lowest BCUT2D eigenvalue weighted by Gasteiger charge is -2.03. The summed E-state index contributed by atoms with van der Waals surface area (Å²) >= 11 is 0. The highest BCUT2D eigenvalue weighted by molar-refractivity contribution is 5.60. The van der Waals surface area contributed by atoms with Crippen molar-refractivity contribution in [3.05, 3.63) is 55.0 Å². The van der Waals surface area contributed by atoms with Crippen LogP contribution in [0.25, 0.3) is 16.9 Å². The SMILES string of the molecule is Oc1ccc(-c2ccc(-n3nccn3)cn2)cc1. The Morgan fingerprint density at radius 1 is 0.889 bits per heavy atom. The Labute approximate surface area is 103 Å². The fourth-order valence-electron chi connectivity index (χ4n) is 1.66. The van der Waals surface area contributed by atoms with E-state index in [2.05, 4.69) is 15.2 Å². The number of rotatable bonds is 2. The summed E-state index contributed by atoms with van der Waals surface area (Å²) in [5.74, 6) is 0.246. The molecule has 88 valence electrons. The second kappa shape index (κ2) is 4.29. The van der Waals surface area contributed by atoms with Crippen molar-refractivity contribution in [1.29, 1.82) is 0 Å². The highest BCUT2D eigenvalue weighted by Gasteiger charge is 2.01. The molecule has 1 aromatic carbocycles. The van der Waals surface area contributed by atoms with Crippen molar-refractivity contribution in [1.82, 2.24) is 20.0 Å². The topological polar surface area (TPSA) is 63.8 Å². The monoisotopic (exact) mass is 238 g/mol. The Kier molecular flexibility index (Phi) is 2.49. The van der Waals surface area contributed by atoms with Crippen LogP contribution in [0.4, 0.5) is 0 Å². The highest BCUT2D eigenvalue weighted by atomic mass is 16.3. The van der Waals surface area contributed by atoms with Crippen LogP contribution in [0.1, 0.15) is 0 Å². The van der Waals surface area contributed by atoms with Crippen molar-refractivity contribution in [3.8, 4) is 22.7 Å². The second-order valence-corrected chi connectivity index (χ2v) is 3.77. The molecule has 0 atom stereocenters. The van der Waals surface area contributed by atoms with Crippen molar-refractivity contribution in [2.75, 3.05) is 0 Å². The third kappa shape index (κ3) is 1.93. The van der Waals surface area contributed by atoms with E-state index in [-0.39, 0.29) is 5.75 Å². The van der Waals surface area contributed by atoms with E-state index < -0.39 is 0 Å². The van der Waals surface area contributed by atoms with Gasteiger partial charge in [0, 0.05) is 5.56 Å². The van der Waals surface area contributed by atoms with E-state index in [1.165, 1.54) is 4.80 Å². The molecule has 0 bridgehead atoms. The van der Waals surface area contributed by atoms with Crippen LogP contribution in [-0.2, 0) is 0 Å². The van der Waals surface area contributed by atoms with Gasteiger partial charge in [0.25, 0.3) is 0 Å². The van der Waals surface area contributed by atoms with Crippen LogP contribution in [0.5, 0.6) is 5.75 Å². The smallest absolute Gasteiger partial charge is 0.115 e. The summed E-state index contributed by atoms with van der Waals surface area (Å²) in [4.78, 5) is 5.86. The van der Waals surface area contributed by atoms with Gasteiger partial charge in [-0.25, -0.2) is 0 Å². The molecule has 0 saturated heterocycles. The maximum Gasteiger partial charge on any atom is 0.115 e. The first-order valence-electron chi connectivity index (χ1n) is 5.45. The molecule has 0 aliphatic carbocycles. The fraction of sp³-hybridized carbons (Fsp3) is 0. The number of hydrogen-bond donors (Lipinski definition) is 1. The quantitative estimate of drug-likeness (QED) is 0.742. The lowest BCUT2D eigenvalue weighted by molar-refractivity contribution is 0.475. The zero-order valence-electron chi connectivity index (χ0n) is 9.43. The van der Waals surface area contributed by atoms with Gasteiger partial charge in [0.15, 0.2) is 0 Å². The average Bonchev–Trinajstić information content (AvgIpc) is 2.94. The van der Waals surface area contributed by atoms with E-state index in [0.29, 0.717) is 0 Å². The standard InChI is InChI=1S/C13H10N4O/c18-12-4-1-10(2-5-12)13-6-3-11(9-14-13)17-15-7-8-16-17/h1-9,18H. The molecule has 3 rings (SSSR count). The number of aromatic nitrogens is 4. The van der Waals surface area contributed by atoms with E-state index >= 15 is 0 Å². The molecular weight excluding hydrogens is 228 g/mol. The minimum Gasteiger partial charge on any atom is -0.508 e. The van der Waals surface area contributed by atoms with Crippen LogP contribution >= 0.6 is 0 Å². The Balaban J connectivity index is 1.94. The Morgan fingerprint density at radius 3 is 2.22 bits per heavy atom. The van der Waals surface area contributed by atoms with Crippen molar-refractivity contribution < 1.29 is 5.11 Å². The molecule has 0 saturated carbocycles. The van der Waals surface area contributed by atoms with Gasteiger partial charge in [-0.3, -0.25) is 4.98 Å². The molecule has 0 aliphatic rings. The number of benzene rings is 1. The summed E-state index contributed by atoms with van der Waals surface area (Å²) in [5, 5.41) is 17.3. The number of hydrogen-bond acceptors (Lipinski definition) is 4. The maximum atomic E-state index is 9.23. The Bertz CT molecular complexity index is 630. The second-order valence-electron chi connectivity index (χ2n) is 3.77. The lowest BCUT2D eigenvalue weighted by Crippen LogP contribution is -1.98. The normalized spacial score (nSPS) is 10.4. The van der Waals surface area contributed by atoms with E-state index in [1.54, 1.807) is 30.7 Å². The first-order chi connectivity index (χ1) is 8.83. The van der Waals surface area contributed by atoms with Crippen molar-refractivity contribution in [2.24, 2.45) is 0 Å². The Hall–Kier alpha value is -2.69. The van der Waals surface area contributed by atoms with Gasteiger partial charge in [0.2, 0.25) is 0 Å². The largest absolute Gasteiger partial charge is 0.508 e. The fourth-order valence-corrected chi connectivity index (χ4v) is 1.66. The summed E-state index contributed by atoms with van der Waals surface area (Å²) in [5.41, 5.74) is 2.60. The van der Waals surface area contributed by atoms with Crippen molar-refractivity contribution in [3.63, 3.8) is 0 Å². The van der Waals surface area contributed by atoms with Crippen LogP contribution in [0, 0.1) is 0 Å². The summed E-state index contributed by atoms with van der Waals surface area (Å²) in [6.07, 6.45) is 4.95. The number of aromatic hydroxyl groups is 1. The van der Waals surface area contributed by atoms with Gasteiger partial charge in [-0.15, -0.1) is 0 Å². The summed E-state index contributed by atoms with van der Waals surface area (Å²) in [6.45, 7) is 0. The summed E-state index contributed by atoms with van der Waals surface area (Å²) < 4.78 is 0. The third-order valence-electron chi connectivity index (χ3n) is 2.56. The summed E-state index contributed by atoms with van der Waals surface area (Å²) in [7, 11) is 0. The molecule has 1 N–H and O–H groups in total. The molecule has 3 aromatic rings. The van der Waals surface area contributed by atoms with Gasteiger partial charge in [0.05, 0.1) is 24.3 Å². The van der Waals surface area contributed by atoms with Crippen LogP contribution in [0.15, 0.2) is 55.0 Å². The number of phenolic OH excluding ortho intramolecular Hbond substituents is 1. The molecule has 5 heteroatoms. The minimum absolute atomic E-state index is 0.246. The first kappa shape index (κ1) is 10.5. The molecule has 0 amide bonds. The molecular formula is C13H10N4O. The number of nitrogens with zero attached hydrogens (tertiary/aromatic N) is 4. The van der Waals surface area contributed by atoms with Gasteiger partial charge >= 0.3 is 0 Å². The highest BCUT2D eigenvalue weighted by Crippen LogP contribution is 2.20. The van der Waals surface area contributed by atoms with Crippen molar-refractivity contribution >= 4 is 0 Å². The van der Waals surface area contributed by atoms with Crippen molar-refractivity contribution in [2.45, 2.75) is 0 Å². The van der Waals surface area contributed by atoms with Gasteiger partial charge in [0.1, 0.15) is 11.4 Å². The Morgan fingerprint density at radius 2 is 1.61 bits per heavy atom. The average molecular weight is 238 g/mol. The van der Waals surface area contributed by atoms with Gasteiger partial charge < -0.3 is 5.11 Å². The third-order valence-corrected chi connectivity index (χ3v) is 2.56. The van der Waals surface area contributed by atoms with Gasteiger partial charge in [-0.1, -0.05) is 0 Å². The predicted molar refractivity (Wildman–Crippen MR) is 66.3 cm³/mol. The van der Waals surface area contributed by atoms with Gasteiger partial charge in [-0.2, -0.15) is 15.0 Å². The molecule has 0 fully saturated rings. The number of pyridine rings is 1. The molecule has 2 heterocycles. The lowest BCUT2D eigenvalue weighted by atomic mass is 10.1. The minimum atomic E-state index is 0.246. The van der Waals surface area contributed by atoms with Crippen LogP contribution in [0.3, 0.4) is 0 Å². The molecule has 5 nitrogen and oxygen atoms in total. The zero-order chi connectivity index (χ0) is 12.4. The van der Waals surface area contributed by atoms with E-state index in [0.717, 1.165) is 16.9 Å². The molecule has 0 spiro atoms. The molecule has 2 aromatic heterocycles. The molecule has 0 unspecified atom stereocenters. The molecule has 0 aliphatic heterocycles. The molecule has 18 heavy (non-hydrogen) atoms. The van der Waals surface area contributed by atoms with Crippen LogP contribution in [-0.4, -0.2) is 25.1 Å². The zero-order valence-corrected chi connectivity index (χ0v) is 9.43. The predicted octanol–water partition coefficient (Wildman–Crippen LogP) is 2.03. The van der Waals surface area contributed by atoms with Crippen LogP contribution in [0.2, 0.25) is 0 Å². The molecule has 0 radical (unpaired) electrons. The van der Waals surface area contributed by atoms with E-state index in [1.807, 2.05) is 24.3 Å². The maximum absolute atomic E-state index is 9.23.